The largest absolute Gasteiger partial charge is 0.455 e. The molecule has 0 saturated heterocycles. The number of fused-ring (bicyclic) bond motifs is 4. The van der Waals surface area contributed by atoms with Gasteiger partial charge in [-0.1, -0.05) is 158 Å². The minimum atomic E-state index is 0.892. The highest BCUT2D eigenvalue weighted by Gasteiger charge is 2.19. The van der Waals surface area contributed by atoms with Crippen LogP contribution in [0.25, 0.3) is 77.2 Å². The molecule has 0 saturated carbocycles. The van der Waals surface area contributed by atoms with Crippen molar-refractivity contribution in [2.45, 2.75) is 0 Å². The molecule has 1 aromatic heterocycles. The van der Waals surface area contributed by atoms with Crippen LogP contribution < -0.4 is 4.90 Å². The molecule has 0 amide bonds. The molecule has 0 radical (unpaired) electrons. The molecule has 0 aliphatic heterocycles. The standard InChI is InChI=1S/C52H35NO/c1-3-13-36(14-4-1)38-25-29-44(30-26-38)53(50-21-11-9-19-46(50)39-16-5-2-6-17-39)45-31-27-40(28-32-45)48-34-43(42-24-23-37-15-7-8-18-41(37)33-42)35-49-47-20-10-12-22-51(47)54-52(48)49/h1-35H. The molecule has 2 heteroatoms. The molecule has 0 bridgehead atoms. The van der Waals surface area contributed by atoms with Gasteiger partial charge in [0.05, 0.1) is 5.69 Å². The van der Waals surface area contributed by atoms with Crippen LogP contribution in [0.5, 0.6) is 0 Å². The van der Waals surface area contributed by atoms with Crippen molar-refractivity contribution in [3.05, 3.63) is 212 Å². The lowest BCUT2D eigenvalue weighted by molar-refractivity contribution is 0.670. The number of nitrogens with zero attached hydrogens (tertiary/aromatic N) is 1. The van der Waals surface area contributed by atoms with Crippen molar-refractivity contribution in [2.75, 3.05) is 4.90 Å². The first kappa shape index (κ1) is 31.6. The molecule has 1 heterocycles. The summed E-state index contributed by atoms with van der Waals surface area (Å²) in [7, 11) is 0. The van der Waals surface area contributed by atoms with Crippen LogP contribution in [0.3, 0.4) is 0 Å². The monoisotopic (exact) mass is 689 g/mol. The molecule has 9 aromatic carbocycles. The molecule has 10 rings (SSSR count). The van der Waals surface area contributed by atoms with E-state index in [4.69, 9.17) is 4.42 Å². The number of para-hydroxylation sites is 2. The molecular formula is C52H35NO. The summed E-state index contributed by atoms with van der Waals surface area (Å²) in [5.74, 6) is 0. The first-order valence-corrected chi connectivity index (χ1v) is 18.4. The van der Waals surface area contributed by atoms with E-state index in [1.165, 1.54) is 38.6 Å². The van der Waals surface area contributed by atoms with Crippen LogP contribution in [0.15, 0.2) is 217 Å². The van der Waals surface area contributed by atoms with Crippen LogP contribution in [-0.2, 0) is 0 Å². The molecule has 0 unspecified atom stereocenters. The van der Waals surface area contributed by atoms with Gasteiger partial charge in [-0.3, -0.25) is 0 Å². The lowest BCUT2D eigenvalue weighted by Crippen LogP contribution is -2.11. The molecule has 254 valence electrons. The van der Waals surface area contributed by atoms with Gasteiger partial charge in [0.25, 0.3) is 0 Å². The predicted molar refractivity (Wildman–Crippen MR) is 228 cm³/mol. The Balaban J connectivity index is 1.12. The Morgan fingerprint density at radius 2 is 0.870 bits per heavy atom. The summed E-state index contributed by atoms with van der Waals surface area (Å²) < 4.78 is 6.62. The van der Waals surface area contributed by atoms with Crippen LogP contribution >= 0.6 is 0 Å². The van der Waals surface area contributed by atoms with Crippen molar-refractivity contribution in [3.8, 4) is 44.5 Å². The Kier molecular flexibility index (Phi) is 7.85. The van der Waals surface area contributed by atoms with Gasteiger partial charge in [0.15, 0.2) is 0 Å². The summed E-state index contributed by atoms with van der Waals surface area (Å²) in [5, 5.41) is 4.70. The van der Waals surface area contributed by atoms with E-state index >= 15 is 0 Å². The van der Waals surface area contributed by atoms with E-state index in [1.54, 1.807) is 0 Å². The summed E-state index contributed by atoms with van der Waals surface area (Å²) in [6.45, 7) is 0. The molecule has 10 aromatic rings. The molecule has 54 heavy (non-hydrogen) atoms. The maximum Gasteiger partial charge on any atom is 0.143 e. The number of rotatable bonds is 7. The smallest absolute Gasteiger partial charge is 0.143 e. The topological polar surface area (TPSA) is 16.4 Å². The summed E-state index contributed by atoms with van der Waals surface area (Å²) in [4.78, 5) is 2.36. The number of hydrogen-bond donors (Lipinski definition) is 0. The average Bonchev–Trinajstić information content (AvgIpc) is 3.63. The molecular weight excluding hydrogens is 655 g/mol. The number of anilines is 3. The van der Waals surface area contributed by atoms with Crippen molar-refractivity contribution in [1.29, 1.82) is 0 Å². The molecule has 2 nitrogen and oxygen atoms in total. The summed E-state index contributed by atoms with van der Waals surface area (Å²) in [6.07, 6.45) is 0. The average molecular weight is 690 g/mol. The quantitative estimate of drug-likeness (QED) is 0.166. The van der Waals surface area contributed by atoms with Crippen LogP contribution in [0.4, 0.5) is 17.1 Å². The summed E-state index contributed by atoms with van der Waals surface area (Å²) >= 11 is 0. The minimum Gasteiger partial charge on any atom is -0.455 e. The first-order valence-electron chi connectivity index (χ1n) is 18.4. The van der Waals surface area contributed by atoms with Crippen molar-refractivity contribution in [3.63, 3.8) is 0 Å². The van der Waals surface area contributed by atoms with Gasteiger partial charge < -0.3 is 9.32 Å². The fourth-order valence-corrected chi connectivity index (χ4v) is 7.76. The Hall–Kier alpha value is -7.16. The van der Waals surface area contributed by atoms with E-state index in [0.29, 0.717) is 0 Å². The van der Waals surface area contributed by atoms with Crippen molar-refractivity contribution in [2.24, 2.45) is 0 Å². The second kappa shape index (κ2) is 13.4. The van der Waals surface area contributed by atoms with E-state index in [2.05, 4.69) is 211 Å². The molecule has 0 N–H and O–H groups in total. The van der Waals surface area contributed by atoms with Gasteiger partial charge in [0, 0.05) is 33.3 Å². The maximum atomic E-state index is 6.62. The third-order valence-corrected chi connectivity index (χ3v) is 10.5. The molecule has 0 spiro atoms. The zero-order chi connectivity index (χ0) is 35.8. The van der Waals surface area contributed by atoms with Crippen molar-refractivity contribution >= 4 is 49.8 Å². The normalized spacial score (nSPS) is 11.3. The number of hydrogen-bond acceptors (Lipinski definition) is 2. The van der Waals surface area contributed by atoms with E-state index < -0.39 is 0 Å². The third kappa shape index (κ3) is 5.71. The predicted octanol–water partition coefficient (Wildman–Crippen LogP) is 14.9. The Labute approximate surface area is 314 Å². The SMILES string of the molecule is c1ccc(-c2ccc(N(c3ccc(-c4cc(-c5ccc6ccccc6c5)cc5c4oc4ccccc45)cc3)c3ccccc3-c3ccccc3)cc2)cc1. The highest BCUT2D eigenvalue weighted by Crippen LogP contribution is 2.44. The van der Waals surface area contributed by atoms with Gasteiger partial charge in [-0.25, -0.2) is 0 Å². The van der Waals surface area contributed by atoms with E-state index in [9.17, 15) is 0 Å². The van der Waals surface area contributed by atoms with Crippen LogP contribution in [-0.4, -0.2) is 0 Å². The van der Waals surface area contributed by atoms with Gasteiger partial charge in [-0.2, -0.15) is 0 Å². The van der Waals surface area contributed by atoms with Gasteiger partial charge in [-0.05, 0) is 98.8 Å². The molecule has 0 aliphatic carbocycles. The number of benzene rings is 9. The molecule has 0 aliphatic rings. The van der Waals surface area contributed by atoms with E-state index in [-0.39, 0.29) is 0 Å². The van der Waals surface area contributed by atoms with Gasteiger partial charge in [0.1, 0.15) is 11.2 Å². The van der Waals surface area contributed by atoms with E-state index in [1.807, 2.05) is 6.07 Å². The Morgan fingerprint density at radius 3 is 1.63 bits per heavy atom. The number of furan rings is 1. The fraction of sp³-hybridized carbons (Fsp3) is 0. The highest BCUT2D eigenvalue weighted by atomic mass is 16.3. The van der Waals surface area contributed by atoms with Gasteiger partial charge in [0.2, 0.25) is 0 Å². The zero-order valence-corrected chi connectivity index (χ0v) is 29.6. The van der Waals surface area contributed by atoms with Gasteiger partial charge in [-0.15, -0.1) is 0 Å². The van der Waals surface area contributed by atoms with Crippen molar-refractivity contribution < 1.29 is 4.42 Å². The molecule has 0 fully saturated rings. The minimum absolute atomic E-state index is 0.892. The first-order chi connectivity index (χ1) is 26.8. The molecule has 0 atom stereocenters. The fourth-order valence-electron chi connectivity index (χ4n) is 7.76. The summed E-state index contributed by atoms with van der Waals surface area (Å²) in [6, 6.07) is 75.8. The lowest BCUT2D eigenvalue weighted by atomic mass is 9.94. The Bertz CT molecular complexity index is 2910. The van der Waals surface area contributed by atoms with Crippen molar-refractivity contribution in [1.82, 2.24) is 0 Å². The zero-order valence-electron chi connectivity index (χ0n) is 29.6. The Morgan fingerprint density at radius 1 is 0.315 bits per heavy atom. The highest BCUT2D eigenvalue weighted by molar-refractivity contribution is 6.11. The maximum absolute atomic E-state index is 6.62. The second-order valence-corrected chi connectivity index (χ2v) is 13.7. The second-order valence-electron chi connectivity index (χ2n) is 13.7. The third-order valence-electron chi connectivity index (χ3n) is 10.5. The lowest BCUT2D eigenvalue weighted by Gasteiger charge is -2.28. The van der Waals surface area contributed by atoms with Crippen LogP contribution in [0.1, 0.15) is 0 Å². The van der Waals surface area contributed by atoms with E-state index in [0.717, 1.165) is 55.7 Å². The van der Waals surface area contributed by atoms with Gasteiger partial charge >= 0.3 is 0 Å². The van der Waals surface area contributed by atoms with Crippen LogP contribution in [0.2, 0.25) is 0 Å². The summed E-state index contributed by atoms with van der Waals surface area (Å²) in [5.41, 5.74) is 14.3. The van der Waals surface area contributed by atoms with Crippen LogP contribution in [0, 0.1) is 0 Å².